The molecule has 1 saturated carbocycles. The molecule has 0 spiro atoms. The summed E-state index contributed by atoms with van der Waals surface area (Å²) in [6.07, 6.45) is 9.39. The first-order chi connectivity index (χ1) is 7.29. The Balaban J connectivity index is 2.13. The van der Waals surface area contributed by atoms with Gasteiger partial charge in [-0.05, 0) is 25.1 Å². The Hall–Kier alpha value is -0.640. The van der Waals surface area contributed by atoms with Crippen molar-refractivity contribution in [1.29, 1.82) is 0 Å². The molecule has 15 heavy (non-hydrogen) atoms. The molecule has 1 heterocycles. The van der Waals surface area contributed by atoms with Crippen LogP contribution in [-0.2, 0) is 7.05 Å². The molecule has 0 aromatic carbocycles. The minimum absolute atomic E-state index is 0.614. The zero-order valence-electron chi connectivity index (χ0n) is 9.33. The molecule has 4 heteroatoms. The molecule has 0 saturated heterocycles. The van der Waals surface area contributed by atoms with Crippen molar-refractivity contribution in [2.75, 3.05) is 0 Å². The Morgan fingerprint density at radius 1 is 1.20 bits per heavy atom. The number of H-pyrrole nitrogens is 1. The van der Waals surface area contributed by atoms with E-state index in [0.29, 0.717) is 5.92 Å². The summed E-state index contributed by atoms with van der Waals surface area (Å²) in [7, 11) is 2.01. The lowest BCUT2D eigenvalue weighted by Crippen LogP contribution is -2.08. The molecule has 1 aromatic rings. The Morgan fingerprint density at radius 2 is 1.80 bits per heavy atom. The fraction of sp³-hybridized carbons (Fsp3) is 0.818. The van der Waals surface area contributed by atoms with Gasteiger partial charge in [0.05, 0.1) is 0 Å². The van der Waals surface area contributed by atoms with Crippen molar-refractivity contribution >= 4 is 12.2 Å². The van der Waals surface area contributed by atoms with Gasteiger partial charge in [-0.2, -0.15) is 5.10 Å². The average Bonchev–Trinajstić information content (AvgIpc) is 2.48. The number of hydrogen-bond acceptors (Lipinski definition) is 2. The molecule has 1 N–H and O–H groups in total. The van der Waals surface area contributed by atoms with Gasteiger partial charge in [0.15, 0.2) is 4.77 Å². The predicted molar refractivity (Wildman–Crippen MR) is 63.5 cm³/mol. The number of aromatic amines is 1. The first kappa shape index (κ1) is 10.9. The number of hydrogen-bond donors (Lipinski definition) is 1. The number of rotatable bonds is 1. The Labute approximate surface area is 95.9 Å². The van der Waals surface area contributed by atoms with Crippen LogP contribution in [0.2, 0.25) is 0 Å². The summed E-state index contributed by atoms with van der Waals surface area (Å²) in [4.78, 5) is 0. The van der Waals surface area contributed by atoms with E-state index in [0.717, 1.165) is 10.6 Å². The minimum atomic E-state index is 0.614. The number of aromatic nitrogens is 3. The summed E-state index contributed by atoms with van der Waals surface area (Å²) < 4.78 is 2.77. The van der Waals surface area contributed by atoms with Gasteiger partial charge in [-0.25, -0.2) is 0 Å². The van der Waals surface area contributed by atoms with Crippen LogP contribution in [0.1, 0.15) is 56.7 Å². The van der Waals surface area contributed by atoms with Crippen molar-refractivity contribution < 1.29 is 0 Å². The smallest absolute Gasteiger partial charge is 0.194 e. The molecular formula is C11H19N3S. The fourth-order valence-corrected chi connectivity index (χ4v) is 2.58. The maximum absolute atomic E-state index is 5.15. The van der Waals surface area contributed by atoms with E-state index >= 15 is 0 Å². The van der Waals surface area contributed by atoms with Gasteiger partial charge in [0.2, 0.25) is 0 Å². The van der Waals surface area contributed by atoms with Crippen LogP contribution in [0.3, 0.4) is 0 Å². The molecule has 1 aromatic heterocycles. The van der Waals surface area contributed by atoms with Crippen molar-refractivity contribution in [3.05, 3.63) is 10.6 Å². The monoisotopic (exact) mass is 225 g/mol. The molecule has 1 aliphatic rings. The second-order valence-electron chi connectivity index (χ2n) is 4.49. The predicted octanol–water partition coefficient (Wildman–Crippen LogP) is 3.31. The van der Waals surface area contributed by atoms with Crippen molar-refractivity contribution in [1.82, 2.24) is 14.8 Å². The van der Waals surface area contributed by atoms with E-state index in [9.17, 15) is 0 Å². The normalized spacial score (nSPS) is 19.8. The molecule has 0 bridgehead atoms. The maximum Gasteiger partial charge on any atom is 0.194 e. The van der Waals surface area contributed by atoms with Crippen LogP contribution < -0.4 is 0 Å². The molecule has 0 unspecified atom stereocenters. The van der Waals surface area contributed by atoms with Crippen molar-refractivity contribution in [3.63, 3.8) is 0 Å². The summed E-state index contributed by atoms with van der Waals surface area (Å²) in [5.74, 6) is 1.77. The zero-order chi connectivity index (χ0) is 10.7. The van der Waals surface area contributed by atoms with Gasteiger partial charge in [0.25, 0.3) is 0 Å². The summed E-state index contributed by atoms with van der Waals surface area (Å²) in [6.45, 7) is 0. The summed E-state index contributed by atoms with van der Waals surface area (Å²) in [5.41, 5.74) is 0. The maximum atomic E-state index is 5.15. The lowest BCUT2D eigenvalue weighted by atomic mass is 9.90. The van der Waals surface area contributed by atoms with Crippen LogP contribution in [0.4, 0.5) is 0 Å². The number of nitrogens with one attached hydrogen (secondary N) is 1. The molecule has 1 aliphatic carbocycles. The Bertz CT molecular complexity index is 358. The van der Waals surface area contributed by atoms with Crippen LogP contribution in [-0.4, -0.2) is 14.8 Å². The van der Waals surface area contributed by atoms with Gasteiger partial charge < -0.3 is 4.57 Å². The van der Waals surface area contributed by atoms with Gasteiger partial charge >= 0.3 is 0 Å². The minimum Gasteiger partial charge on any atom is -0.307 e. The van der Waals surface area contributed by atoms with Gasteiger partial charge in [-0.3, -0.25) is 5.10 Å². The summed E-state index contributed by atoms with van der Waals surface area (Å²) >= 11 is 5.15. The highest BCUT2D eigenvalue weighted by Gasteiger charge is 2.17. The second-order valence-corrected chi connectivity index (χ2v) is 4.87. The average molecular weight is 225 g/mol. The van der Waals surface area contributed by atoms with Crippen LogP contribution in [0.5, 0.6) is 0 Å². The quantitative estimate of drug-likeness (QED) is 0.744. The standard InChI is InChI=1S/C11H19N3S/c1-14-10(12-13-11(14)15)9-7-5-3-2-4-6-8-9/h9H,2-8H2,1H3,(H,13,15). The first-order valence-corrected chi connectivity index (χ1v) is 6.31. The third-order valence-electron chi connectivity index (χ3n) is 3.38. The fourth-order valence-electron chi connectivity index (χ4n) is 2.44. The lowest BCUT2D eigenvalue weighted by molar-refractivity contribution is 0.434. The van der Waals surface area contributed by atoms with E-state index in [1.165, 1.54) is 44.9 Å². The lowest BCUT2D eigenvalue weighted by Gasteiger charge is -2.18. The van der Waals surface area contributed by atoms with E-state index in [-0.39, 0.29) is 0 Å². The van der Waals surface area contributed by atoms with Crippen molar-refractivity contribution in [2.45, 2.75) is 50.9 Å². The van der Waals surface area contributed by atoms with Crippen molar-refractivity contribution in [2.24, 2.45) is 7.05 Å². The third-order valence-corrected chi connectivity index (χ3v) is 3.75. The molecule has 84 valence electrons. The molecule has 2 rings (SSSR count). The van der Waals surface area contributed by atoms with E-state index in [1.54, 1.807) is 0 Å². The van der Waals surface area contributed by atoms with Crippen LogP contribution >= 0.6 is 12.2 Å². The van der Waals surface area contributed by atoms with Crippen molar-refractivity contribution in [3.8, 4) is 0 Å². The highest BCUT2D eigenvalue weighted by atomic mass is 32.1. The molecule has 0 atom stereocenters. The molecule has 0 aliphatic heterocycles. The van der Waals surface area contributed by atoms with Crippen LogP contribution in [0.15, 0.2) is 0 Å². The summed E-state index contributed by atoms with van der Waals surface area (Å²) in [5, 5.41) is 7.24. The highest BCUT2D eigenvalue weighted by Crippen LogP contribution is 2.29. The summed E-state index contributed by atoms with van der Waals surface area (Å²) in [6, 6.07) is 0. The van der Waals surface area contributed by atoms with E-state index < -0.39 is 0 Å². The third kappa shape index (κ3) is 2.48. The number of nitrogens with zero attached hydrogens (tertiary/aromatic N) is 2. The molecule has 3 nitrogen and oxygen atoms in total. The molecule has 0 radical (unpaired) electrons. The highest BCUT2D eigenvalue weighted by molar-refractivity contribution is 7.71. The molecule has 0 amide bonds. The topological polar surface area (TPSA) is 33.6 Å². The zero-order valence-corrected chi connectivity index (χ0v) is 10.1. The van der Waals surface area contributed by atoms with Gasteiger partial charge in [-0.1, -0.05) is 32.1 Å². The molecular weight excluding hydrogens is 206 g/mol. The van der Waals surface area contributed by atoms with Gasteiger partial charge in [-0.15, -0.1) is 0 Å². The second kappa shape index (κ2) is 4.92. The van der Waals surface area contributed by atoms with Crippen LogP contribution in [0.25, 0.3) is 0 Å². The van der Waals surface area contributed by atoms with E-state index in [2.05, 4.69) is 10.2 Å². The van der Waals surface area contributed by atoms with E-state index in [1.807, 2.05) is 11.6 Å². The first-order valence-electron chi connectivity index (χ1n) is 5.90. The van der Waals surface area contributed by atoms with Gasteiger partial charge in [0.1, 0.15) is 5.82 Å². The van der Waals surface area contributed by atoms with Gasteiger partial charge in [0, 0.05) is 13.0 Å². The SMILES string of the molecule is Cn1c(C2CCCCCCC2)n[nH]c1=S. The molecule has 1 fully saturated rings. The van der Waals surface area contributed by atoms with E-state index in [4.69, 9.17) is 12.2 Å². The Kier molecular flexibility index (Phi) is 3.57. The largest absolute Gasteiger partial charge is 0.307 e. The Morgan fingerprint density at radius 3 is 2.33 bits per heavy atom. The van der Waals surface area contributed by atoms with Crippen LogP contribution in [0, 0.1) is 4.77 Å².